The van der Waals surface area contributed by atoms with Gasteiger partial charge in [0, 0.05) is 31.6 Å². The van der Waals surface area contributed by atoms with Gasteiger partial charge in [-0.3, -0.25) is 4.79 Å². The Balaban J connectivity index is 1.80. The van der Waals surface area contributed by atoms with Gasteiger partial charge in [-0.25, -0.2) is 0 Å². The molecule has 18 heavy (non-hydrogen) atoms. The van der Waals surface area contributed by atoms with Crippen LogP contribution in [0.25, 0.3) is 0 Å². The van der Waals surface area contributed by atoms with Crippen LogP contribution in [0, 0.1) is 5.92 Å². The van der Waals surface area contributed by atoms with E-state index in [0.29, 0.717) is 12.3 Å². The standard InChI is InChI=1S/C15H21NO2/c1-12-11-16(9-7-14(12)17)10-8-15(18)13-5-3-2-4-6-13/h2-6,12,14,17H,7-11H2,1H3. The number of carbonyl (C=O) groups excluding carboxylic acids is 1. The van der Waals surface area contributed by atoms with Crippen molar-refractivity contribution in [3.8, 4) is 0 Å². The number of aliphatic hydroxyl groups is 1. The van der Waals surface area contributed by atoms with Crippen molar-refractivity contribution in [2.45, 2.75) is 25.9 Å². The largest absolute Gasteiger partial charge is 0.393 e. The molecule has 1 aromatic carbocycles. The first-order valence-electron chi connectivity index (χ1n) is 6.65. The summed E-state index contributed by atoms with van der Waals surface area (Å²) < 4.78 is 0. The molecule has 1 aromatic rings. The predicted octanol–water partition coefficient (Wildman–Crippen LogP) is 1.96. The van der Waals surface area contributed by atoms with Crippen LogP contribution in [0.4, 0.5) is 0 Å². The molecule has 0 spiro atoms. The number of aliphatic hydroxyl groups excluding tert-OH is 1. The molecule has 0 amide bonds. The molecule has 1 saturated heterocycles. The quantitative estimate of drug-likeness (QED) is 0.827. The van der Waals surface area contributed by atoms with Crippen LogP contribution >= 0.6 is 0 Å². The van der Waals surface area contributed by atoms with Crippen LogP contribution in [0.5, 0.6) is 0 Å². The van der Waals surface area contributed by atoms with E-state index in [1.54, 1.807) is 0 Å². The van der Waals surface area contributed by atoms with Crippen molar-refractivity contribution in [3.63, 3.8) is 0 Å². The molecule has 2 unspecified atom stereocenters. The van der Waals surface area contributed by atoms with Crippen LogP contribution < -0.4 is 0 Å². The predicted molar refractivity (Wildman–Crippen MR) is 71.6 cm³/mol. The van der Waals surface area contributed by atoms with Gasteiger partial charge >= 0.3 is 0 Å². The number of ketones is 1. The smallest absolute Gasteiger partial charge is 0.164 e. The second-order valence-electron chi connectivity index (χ2n) is 5.17. The minimum Gasteiger partial charge on any atom is -0.393 e. The molecule has 1 aliphatic rings. The Labute approximate surface area is 108 Å². The fraction of sp³-hybridized carbons (Fsp3) is 0.533. The minimum atomic E-state index is -0.175. The summed E-state index contributed by atoms with van der Waals surface area (Å²) in [6.07, 6.45) is 1.21. The van der Waals surface area contributed by atoms with Crippen LogP contribution in [0.3, 0.4) is 0 Å². The van der Waals surface area contributed by atoms with Crippen LogP contribution in [0.1, 0.15) is 30.1 Å². The van der Waals surface area contributed by atoms with E-state index < -0.39 is 0 Å². The van der Waals surface area contributed by atoms with Crippen LogP contribution in [0.2, 0.25) is 0 Å². The molecule has 3 nitrogen and oxygen atoms in total. The van der Waals surface area contributed by atoms with Gasteiger partial charge in [-0.05, 0) is 12.3 Å². The maximum Gasteiger partial charge on any atom is 0.164 e. The van der Waals surface area contributed by atoms with Crippen molar-refractivity contribution in [3.05, 3.63) is 35.9 Å². The van der Waals surface area contributed by atoms with Crippen molar-refractivity contribution in [2.24, 2.45) is 5.92 Å². The molecule has 0 bridgehead atoms. The normalized spacial score (nSPS) is 25.0. The average molecular weight is 247 g/mol. The number of rotatable bonds is 4. The molecule has 0 aromatic heterocycles. The monoisotopic (exact) mass is 247 g/mol. The summed E-state index contributed by atoms with van der Waals surface area (Å²) in [5.74, 6) is 0.514. The van der Waals surface area contributed by atoms with Gasteiger partial charge in [0.1, 0.15) is 0 Å². The zero-order chi connectivity index (χ0) is 13.0. The fourth-order valence-corrected chi connectivity index (χ4v) is 2.45. The number of carbonyl (C=O) groups is 1. The molecule has 1 fully saturated rings. The lowest BCUT2D eigenvalue weighted by molar-refractivity contribution is 0.0346. The molecule has 1 aliphatic heterocycles. The highest BCUT2D eigenvalue weighted by Gasteiger charge is 2.24. The topological polar surface area (TPSA) is 40.5 Å². The number of Topliss-reactive ketones (excluding diaryl/α,β-unsaturated/α-hetero) is 1. The summed E-state index contributed by atoms with van der Waals surface area (Å²) in [6.45, 7) is 4.65. The van der Waals surface area contributed by atoms with E-state index in [0.717, 1.165) is 31.6 Å². The van der Waals surface area contributed by atoms with Gasteiger partial charge < -0.3 is 10.0 Å². The lowest BCUT2D eigenvalue weighted by Crippen LogP contribution is -2.42. The Morgan fingerprint density at radius 3 is 2.78 bits per heavy atom. The van der Waals surface area contributed by atoms with Gasteiger partial charge in [0.25, 0.3) is 0 Å². The summed E-state index contributed by atoms with van der Waals surface area (Å²) in [5, 5.41) is 9.66. The Kier molecular flexibility index (Phi) is 4.50. The second kappa shape index (κ2) is 6.12. The van der Waals surface area contributed by atoms with Crippen LogP contribution in [-0.2, 0) is 0 Å². The second-order valence-corrected chi connectivity index (χ2v) is 5.17. The molecule has 98 valence electrons. The summed E-state index contributed by atoms with van der Waals surface area (Å²) in [5.41, 5.74) is 0.794. The Morgan fingerprint density at radius 1 is 1.39 bits per heavy atom. The Hall–Kier alpha value is -1.19. The van der Waals surface area contributed by atoms with Crippen LogP contribution in [-0.4, -0.2) is 41.5 Å². The highest BCUT2D eigenvalue weighted by Crippen LogP contribution is 2.17. The number of piperidine rings is 1. The highest BCUT2D eigenvalue weighted by molar-refractivity contribution is 5.96. The lowest BCUT2D eigenvalue weighted by atomic mass is 9.96. The van der Waals surface area contributed by atoms with Gasteiger partial charge in [0.15, 0.2) is 5.78 Å². The summed E-state index contributed by atoms with van der Waals surface area (Å²) in [6, 6.07) is 9.44. The molecular weight excluding hydrogens is 226 g/mol. The molecule has 0 saturated carbocycles. The third-order valence-corrected chi connectivity index (χ3v) is 3.69. The zero-order valence-corrected chi connectivity index (χ0v) is 10.9. The molecule has 2 atom stereocenters. The maximum atomic E-state index is 12.0. The SMILES string of the molecule is CC1CN(CCC(=O)c2ccccc2)CCC1O. The number of nitrogens with zero attached hydrogens (tertiary/aromatic N) is 1. The van der Waals surface area contributed by atoms with E-state index in [2.05, 4.69) is 11.8 Å². The summed E-state index contributed by atoms with van der Waals surface area (Å²) in [4.78, 5) is 14.2. The number of likely N-dealkylation sites (tertiary alicyclic amines) is 1. The van der Waals surface area contributed by atoms with Crippen molar-refractivity contribution in [2.75, 3.05) is 19.6 Å². The molecule has 0 radical (unpaired) electrons. The zero-order valence-electron chi connectivity index (χ0n) is 10.9. The first-order chi connectivity index (χ1) is 8.66. The third kappa shape index (κ3) is 3.40. The van der Waals surface area contributed by atoms with Gasteiger partial charge in [-0.1, -0.05) is 37.3 Å². The summed E-state index contributed by atoms with van der Waals surface area (Å²) >= 11 is 0. The molecule has 3 heteroatoms. The summed E-state index contributed by atoms with van der Waals surface area (Å²) in [7, 11) is 0. The Bertz CT molecular complexity index is 391. The molecule has 2 rings (SSSR count). The first kappa shape index (κ1) is 13.2. The number of hydrogen-bond acceptors (Lipinski definition) is 3. The Morgan fingerprint density at radius 2 is 2.11 bits per heavy atom. The van der Waals surface area contributed by atoms with Crippen molar-refractivity contribution < 1.29 is 9.90 Å². The fourth-order valence-electron chi connectivity index (χ4n) is 2.45. The van der Waals surface area contributed by atoms with E-state index in [4.69, 9.17) is 0 Å². The van der Waals surface area contributed by atoms with Gasteiger partial charge in [-0.15, -0.1) is 0 Å². The van der Waals surface area contributed by atoms with E-state index in [-0.39, 0.29) is 11.9 Å². The van der Waals surface area contributed by atoms with E-state index in [1.165, 1.54) is 0 Å². The number of benzene rings is 1. The average Bonchev–Trinajstić information content (AvgIpc) is 2.41. The lowest BCUT2D eigenvalue weighted by Gasteiger charge is -2.34. The van der Waals surface area contributed by atoms with Gasteiger partial charge in [0.05, 0.1) is 6.10 Å². The van der Waals surface area contributed by atoms with Crippen molar-refractivity contribution in [1.82, 2.24) is 4.90 Å². The van der Waals surface area contributed by atoms with Crippen molar-refractivity contribution >= 4 is 5.78 Å². The van der Waals surface area contributed by atoms with Crippen LogP contribution in [0.15, 0.2) is 30.3 Å². The molecule has 1 N–H and O–H groups in total. The van der Waals surface area contributed by atoms with Gasteiger partial charge in [0.2, 0.25) is 0 Å². The first-order valence-corrected chi connectivity index (χ1v) is 6.65. The number of hydrogen-bond donors (Lipinski definition) is 1. The molecule has 1 heterocycles. The highest BCUT2D eigenvalue weighted by atomic mass is 16.3. The van der Waals surface area contributed by atoms with E-state index >= 15 is 0 Å². The molecular formula is C15H21NO2. The maximum absolute atomic E-state index is 12.0. The molecule has 0 aliphatic carbocycles. The van der Waals surface area contributed by atoms with E-state index in [9.17, 15) is 9.90 Å². The minimum absolute atomic E-state index is 0.175. The third-order valence-electron chi connectivity index (χ3n) is 3.69. The van der Waals surface area contributed by atoms with E-state index in [1.807, 2.05) is 30.3 Å². The van der Waals surface area contributed by atoms with Crippen molar-refractivity contribution in [1.29, 1.82) is 0 Å². The van der Waals surface area contributed by atoms with Gasteiger partial charge in [-0.2, -0.15) is 0 Å².